The predicted octanol–water partition coefficient (Wildman–Crippen LogP) is 2.26. The van der Waals surface area contributed by atoms with Crippen molar-refractivity contribution in [3.8, 4) is 0 Å². The van der Waals surface area contributed by atoms with Gasteiger partial charge in [-0.1, -0.05) is 23.9 Å². The quantitative estimate of drug-likeness (QED) is 0.574. The lowest BCUT2D eigenvalue weighted by Gasteiger charge is -2.13. The maximum Gasteiger partial charge on any atom is 0.418 e. The summed E-state index contributed by atoms with van der Waals surface area (Å²) in [7, 11) is 0. The molecule has 0 fully saturated rings. The summed E-state index contributed by atoms with van der Waals surface area (Å²) in [5.41, 5.74) is -0.882. The smallest absolute Gasteiger partial charge is 0.390 e. The van der Waals surface area contributed by atoms with E-state index in [4.69, 9.17) is 0 Å². The van der Waals surface area contributed by atoms with E-state index in [1.165, 1.54) is 29.0 Å². The van der Waals surface area contributed by atoms with Crippen molar-refractivity contribution in [3.05, 3.63) is 41.7 Å². The number of rotatable bonds is 8. The predicted molar refractivity (Wildman–Crippen MR) is 97.6 cm³/mol. The fourth-order valence-electron chi connectivity index (χ4n) is 2.35. The first kappa shape index (κ1) is 21.8. The minimum atomic E-state index is -4.59. The Morgan fingerprint density at radius 1 is 1.25 bits per heavy atom. The molecule has 28 heavy (non-hydrogen) atoms. The van der Waals surface area contributed by atoms with E-state index in [0.29, 0.717) is 17.4 Å². The van der Waals surface area contributed by atoms with E-state index in [0.717, 1.165) is 17.8 Å². The molecule has 0 bridgehead atoms. The highest BCUT2D eigenvalue weighted by Crippen LogP contribution is 2.34. The van der Waals surface area contributed by atoms with Gasteiger partial charge in [-0.15, -0.1) is 0 Å². The normalized spacial score (nSPS) is 11.3. The lowest BCUT2D eigenvalue weighted by molar-refractivity contribution is -0.137. The van der Waals surface area contributed by atoms with Crippen LogP contribution in [0, 0.1) is 0 Å². The molecule has 0 saturated heterocycles. The molecule has 1 heterocycles. The highest BCUT2D eigenvalue weighted by Gasteiger charge is 2.33. The van der Waals surface area contributed by atoms with Gasteiger partial charge in [-0.2, -0.15) is 13.2 Å². The average molecular weight is 416 g/mol. The number of aromatic nitrogens is 2. The Balaban J connectivity index is 2.06. The number of halogens is 3. The van der Waals surface area contributed by atoms with Crippen molar-refractivity contribution in [3.63, 3.8) is 0 Å². The molecule has 2 amide bonds. The van der Waals surface area contributed by atoms with Crippen LogP contribution in [0.3, 0.4) is 0 Å². The van der Waals surface area contributed by atoms with Gasteiger partial charge in [0, 0.05) is 6.54 Å². The van der Waals surface area contributed by atoms with Crippen molar-refractivity contribution in [2.24, 2.45) is 0 Å². The molecule has 0 saturated carbocycles. The molecule has 0 unspecified atom stereocenters. The van der Waals surface area contributed by atoms with Crippen molar-refractivity contribution in [2.75, 3.05) is 17.6 Å². The minimum Gasteiger partial charge on any atom is -0.390 e. The molecule has 1 aromatic heterocycles. The molecule has 2 aromatic rings. The van der Waals surface area contributed by atoms with Crippen LogP contribution in [0.4, 0.5) is 18.9 Å². The Kier molecular flexibility index (Phi) is 7.46. The third kappa shape index (κ3) is 5.73. The molecule has 0 atom stereocenters. The van der Waals surface area contributed by atoms with Gasteiger partial charge in [-0.25, -0.2) is 4.98 Å². The molecule has 2 rings (SSSR count). The van der Waals surface area contributed by atoms with E-state index in [1.807, 2.05) is 0 Å². The summed E-state index contributed by atoms with van der Waals surface area (Å²) < 4.78 is 40.4. The Labute approximate surface area is 163 Å². The zero-order valence-electron chi connectivity index (χ0n) is 14.9. The van der Waals surface area contributed by atoms with Crippen LogP contribution in [0.5, 0.6) is 0 Å². The highest BCUT2D eigenvalue weighted by atomic mass is 32.2. The molecular weight excluding hydrogens is 397 g/mol. The second-order valence-electron chi connectivity index (χ2n) is 5.61. The van der Waals surface area contributed by atoms with Crippen LogP contribution in [-0.2, 0) is 28.9 Å². The summed E-state index contributed by atoms with van der Waals surface area (Å²) in [6, 6.07) is 4.69. The number of anilines is 1. The molecule has 7 nitrogen and oxygen atoms in total. The van der Waals surface area contributed by atoms with Crippen LogP contribution >= 0.6 is 11.8 Å². The topological polar surface area (TPSA) is 96.2 Å². The maximum atomic E-state index is 13.0. The van der Waals surface area contributed by atoms with Crippen molar-refractivity contribution < 1.29 is 27.9 Å². The first-order valence-corrected chi connectivity index (χ1v) is 9.25. The van der Waals surface area contributed by atoms with Gasteiger partial charge >= 0.3 is 6.18 Å². The first-order valence-electron chi connectivity index (χ1n) is 8.27. The summed E-state index contributed by atoms with van der Waals surface area (Å²) in [4.78, 5) is 28.0. The summed E-state index contributed by atoms with van der Waals surface area (Å²) in [6.07, 6.45) is -3.21. The van der Waals surface area contributed by atoms with Gasteiger partial charge in [-0.05, 0) is 19.1 Å². The van der Waals surface area contributed by atoms with Crippen LogP contribution in [0.2, 0.25) is 0 Å². The molecule has 0 aliphatic heterocycles. The molecule has 1 aromatic carbocycles. The number of alkyl halides is 3. The number of imidazole rings is 1. The third-order valence-electron chi connectivity index (χ3n) is 3.58. The number of nitrogens with zero attached hydrogens (tertiary/aromatic N) is 2. The molecule has 0 aliphatic rings. The van der Waals surface area contributed by atoms with E-state index in [1.54, 1.807) is 6.92 Å². The number of carbonyl (C=O) groups excluding carboxylic acids is 2. The molecule has 0 spiro atoms. The van der Waals surface area contributed by atoms with Gasteiger partial charge in [0.25, 0.3) is 0 Å². The number of likely N-dealkylation sites (N-methyl/N-ethyl adjacent to an activating group) is 1. The average Bonchev–Trinajstić information content (AvgIpc) is 3.01. The molecular formula is C17H19F3N4O3S. The number of hydrogen-bond acceptors (Lipinski definition) is 5. The number of amides is 2. The largest absolute Gasteiger partial charge is 0.418 e. The molecule has 11 heteroatoms. The van der Waals surface area contributed by atoms with E-state index >= 15 is 0 Å². The second kappa shape index (κ2) is 9.60. The van der Waals surface area contributed by atoms with Gasteiger partial charge in [0.2, 0.25) is 11.8 Å². The van der Waals surface area contributed by atoms with Crippen molar-refractivity contribution in [2.45, 2.75) is 31.4 Å². The fraction of sp³-hybridized carbons (Fsp3) is 0.353. The molecule has 0 radical (unpaired) electrons. The third-order valence-corrected chi connectivity index (χ3v) is 4.57. The van der Waals surface area contributed by atoms with Gasteiger partial charge in [0.05, 0.1) is 35.5 Å². The molecule has 152 valence electrons. The van der Waals surface area contributed by atoms with Crippen molar-refractivity contribution in [1.82, 2.24) is 14.9 Å². The zero-order chi connectivity index (χ0) is 20.7. The van der Waals surface area contributed by atoms with E-state index in [-0.39, 0.29) is 30.5 Å². The van der Waals surface area contributed by atoms with Gasteiger partial charge < -0.3 is 20.3 Å². The van der Waals surface area contributed by atoms with Gasteiger partial charge in [-0.3, -0.25) is 9.59 Å². The number of benzene rings is 1. The number of nitrogens with one attached hydrogen (secondary N) is 2. The molecule has 3 N–H and O–H groups in total. The summed E-state index contributed by atoms with van der Waals surface area (Å²) >= 11 is 0.951. The summed E-state index contributed by atoms with van der Waals surface area (Å²) in [5.74, 6) is -1.16. The van der Waals surface area contributed by atoms with Crippen LogP contribution in [0.1, 0.15) is 18.2 Å². The molecule has 0 aliphatic carbocycles. The van der Waals surface area contributed by atoms with Crippen molar-refractivity contribution in [1.29, 1.82) is 0 Å². The Bertz CT molecular complexity index is 839. The number of para-hydroxylation sites is 1. The Morgan fingerprint density at radius 2 is 1.96 bits per heavy atom. The number of carbonyl (C=O) groups is 2. The van der Waals surface area contributed by atoms with Gasteiger partial charge in [0.15, 0.2) is 5.16 Å². The van der Waals surface area contributed by atoms with Gasteiger partial charge in [0.1, 0.15) is 6.54 Å². The lowest BCUT2D eigenvalue weighted by atomic mass is 10.1. The van der Waals surface area contributed by atoms with Crippen LogP contribution in [-0.4, -0.2) is 38.8 Å². The highest BCUT2D eigenvalue weighted by molar-refractivity contribution is 7.99. The SMILES string of the molecule is CCNC(=O)Cn1c(CO)cnc1SCC(=O)Nc1ccccc1C(F)(F)F. The summed E-state index contributed by atoms with van der Waals surface area (Å²) in [5, 5.41) is 14.5. The van der Waals surface area contributed by atoms with Crippen LogP contribution in [0.15, 0.2) is 35.6 Å². The van der Waals surface area contributed by atoms with Crippen LogP contribution in [0.25, 0.3) is 0 Å². The first-order chi connectivity index (χ1) is 13.3. The Hall–Kier alpha value is -2.53. The fourth-order valence-corrected chi connectivity index (χ4v) is 3.15. The lowest BCUT2D eigenvalue weighted by Crippen LogP contribution is -2.28. The Morgan fingerprint density at radius 3 is 2.61 bits per heavy atom. The standard InChI is InChI=1S/C17H19F3N4O3S/c1-2-21-14(26)8-24-11(9-25)7-22-16(24)28-10-15(27)23-13-6-4-3-5-12(13)17(18,19)20/h3-7,25H,2,8-10H2,1H3,(H,21,26)(H,23,27). The monoisotopic (exact) mass is 416 g/mol. The number of aliphatic hydroxyl groups excluding tert-OH is 1. The maximum absolute atomic E-state index is 13.0. The number of hydrogen-bond donors (Lipinski definition) is 3. The number of thioether (sulfide) groups is 1. The zero-order valence-corrected chi connectivity index (χ0v) is 15.7. The second-order valence-corrected chi connectivity index (χ2v) is 6.55. The minimum absolute atomic E-state index is 0.0927. The van der Waals surface area contributed by atoms with Crippen LogP contribution < -0.4 is 10.6 Å². The van der Waals surface area contributed by atoms with E-state index < -0.39 is 17.6 Å². The van der Waals surface area contributed by atoms with E-state index in [2.05, 4.69) is 15.6 Å². The van der Waals surface area contributed by atoms with E-state index in [9.17, 15) is 27.9 Å². The van der Waals surface area contributed by atoms with Crippen molar-refractivity contribution >= 4 is 29.3 Å². The summed E-state index contributed by atoms with van der Waals surface area (Å²) in [6.45, 7) is 1.76. The number of aliphatic hydroxyl groups is 1.